The zero-order valence-electron chi connectivity index (χ0n) is 11.4. The number of hydrazine groups is 1. The Morgan fingerprint density at radius 3 is 2.81 bits per heavy atom. The molecule has 5 nitrogen and oxygen atoms in total. The predicted octanol–water partition coefficient (Wildman–Crippen LogP) is 1.84. The highest BCUT2D eigenvalue weighted by atomic mass is 16.2. The van der Waals surface area contributed by atoms with Crippen LogP contribution >= 0.6 is 0 Å². The molecule has 5 heteroatoms. The molecule has 1 aromatic heterocycles. The molecule has 1 aromatic rings. The maximum Gasteiger partial charge on any atom is 0.269 e. The molecule has 1 heterocycles. The minimum atomic E-state index is -0.302. The molecule has 0 aromatic carbocycles. The largest absolute Gasteiger partial charge is 0.305 e. The number of ketones is 1. The van der Waals surface area contributed by atoms with Crippen molar-refractivity contribution in [1.82, 2.24) is 15.8 Å². The summed E-state index contributed by atoms with van der Waals surface area (Å²) in [5.74, 6) is -0.383. The van der Waals surface area contributed by atoms with Crippen LogP contribution in [-0.4, -0.2) is 16.7 Å². The summed E-state index contributed by atoms with van der Waals surface area (Å²) < 4.78 is 0. The number of rotatable bonds is 5. The van der Waals surface area contributed by atoms with Gasteiger partial charge >= 0.3 is 0 Å². The molecule has 0 bridgehead atoms. The van der Waals surface area contributed by atoms with Crippen molar-refractivity contribution in [3.05, 3.63) is 78.3 Å². The lowest BCUT2D eigenvalue weighted by Crippen LogP contribution is -2.34. The Balaban J connectivity index is 1.95. The van der Waals surface area contributed by atoms with Gasteiger partial charge in [0.25, 0.3) is 5.91 Å². The highest BCUT2D eigenvalue weighted by molar-refractivity contribution is 6.11. The summed E-state index contributed by atoms with van der Waals surface area (Å²) in [5.41, 5.74) is 6.76. The molecule has 0 spiro atoms. The number of hydrogen-bond acceptors (Lipinski definition) is 4. The number of allylic oxidation sites excluding steroid dienone is 6. The first-order valence-electron chi connectivity index (χ1n) is 6.41. The van der Waals surface area contributed by atoms with Crippen LogP contribution in [0.2, 0.25) is 0 Å². The predicted molar refractivity (Wildman–Crippen MR) is 80.0 cm³/mol. The van der Waals surface area contributed by atoms with E-state index >= 15 is 0 Å². The van der Waals surface area contributed by atoms with E-state index < -0.39 is 0 Å². The highest BCUT2D eigenvalue weighted by Gasteiger charge is 2.14. The standard InChI is InChI=1S/C16H15N3O2/c1-2-4-12-5-3-6-14(15(12)20)11-18-19-16(21)13-7-9-17-10-8-13/h2-3,5-11,18H,1,4H2,(H,19,21)/b14-11-. The fraction of sp³-hybridized carbons (Fsp3) is 0.0625. The Morgan fingerprint density at radius 2 is 2.10 bits per heavy atom. The van der Waals surface area contributed by atoms with E-state index in [1.807, 2.05) is 0 Å². The average Bonchev–Trinajstić information content (AvgIpc) is 2.52. The van der Waals surface area contributed by atoms with E-state index in [2.05, 4.69) is 22.4 Å². The van der Waals surface area contributed by atoms with Gasteiger partial charge in [-0.05, 0) is 24.6 Å². The quantitative estimate of drug-likeness (QED) is 0.491. The first-order valence-corrected chi connectivity index (χ1v) is 6.41. The third-order valence-corrected chi connectivity index (χ3v) is 2.85. The van der Waals surface area contributed by atoms with E-state index in [9.17, 15) is 9.59 Å². The van der Waals surface area contributed by atoms with E-state index in [1.54, 1.807) is 36.4 Å². The molecule has 1 aliphatic rings. The number of pyridine rings is 1. The molecule has 0 unspecified atom stereocenters. The molecular formula is C16H15N3O2. The Kier molecular flexibility index (Phi) is 4.82. The number of hydrogen-bond donors (Lipinski definition) is 2. The van der Waals surface area contributed by atoms with Crippen molar-refractivity contribution in [1.29, 1.82) is 0 Å². The van der Waals surface area contributed by atoms with Gasteiger partial charge < -0.3 is 5.43 Å². The number of nitrogens with zero attached hydrogens (tertiary/aromatic N) is 1. The van der Waals surface area contributed by atoms with Crippen molar-refractivity contribution in [3.8, 4) is 0 Å². The van der Waals surface area contributed by atoms with Gasteiger partial charge in [0, 0.05) is 35.3 Å². The molecule has 0 aliphatic heterocycles. The zero-order chi connectivity index (χ0) is 15.1. The van der Waals surface area contributed by atoms with Crippen LogP contribution in [0.25, 0.3) is 0 Å². The summed E-state index contributed by atoms with van der Waals surface area (Å²) in [4.78, 5) is 27.7. The lowest BCUT2D eigenvalue weighted by Gasteiger charge is -2.10. The summed E-state index contributed by atoms with van der Waals surface area (Å²) in [6.45, 7) is 3.62. The van der Waals surface area contributed by atoms with Crippen molar-refractivity contribution in [2.75, 3.05) is 0 Å². The lowest BCUT2D eigenvalue weighted by molar-refractivity contribution is -0.112. The number of aromatic nitrogens is 1. The van der Waals surface area contributed by atoms with Crippen LogP contribution in [0, 0.1) is 0 Å². The summed E-state index contributed by atoms with van der Waals surface area (Å²) >= 11 is 0. The Morgan fingerprint density at radius 1 is 1.33 bits per heavy atom. The number of Topliss-reactive ketones (excluding diaryl/α,β-unsaturated/α-hetero) is 1. The van der Waals surface area contributed by atoms with Crippen LogP contribution in [0.15, 0.2) is 72.8 Å². The molecule has 0 saturated heterocycles. The van der Waals surface area contributed by atoms with Crippen molar-refractivity contribution >= 4 is 11.7 Å². The smallest absolute Gasteiger partial charge is 0.269 e. The maximum atomic E-state index is 12.1. The van der Waals surface area contributed by atoms with Gasteiger partial charge in [-0.2, -0.15) is 0 Å². The molecular weight excluding hydrogens is 266 g/mol. The fourth-order valence-corrected chi connectivity index (χ4v) is 1.79. The van der Waals surface area contributed by atoms with Crippen LogP contribution in [-0.2, 0) is 4.79 Å². The molecule has 0 fully saturated rings. The van der Waals surface area contributed by atoms with Gasteiger partial charge in [-0.25, -0.2) is 0 Å². The third kappa shape index (κ3) is 3.76. The van der Waals surface area contributed by atoms with Gasteiger partial charge in [0.2, 0.25) is 0 Å². The van der Waals surface area contributed by atoms with Crippen LogP contribution in [0.5, 0.6) is 0 Å². The van der Waals surface area contributed by atoms with Crippen LogP contribution in [0.4, 0.5) is 0 Å². The molecule has 21 heavy (non-hydrogen) atoms. The second kappa shape index (κ2) is 7.00. The van der Waals surface area contributed by atoms with E-state index in [4.69, 9.17) is 0 Å². The Bertz CT molecular complexity index is 643. The van der Waals surface area contributed by atoms with Crippen molar-refractivity contribution in [2.24, 2.45) is 0 Å². The molecule has 0 saturated carbocycles. The fourth-order valence-electron chi connectivity index (χ4n) is 1.79. The van der Waals surface area contributed by atoms with Crippen molar-refractivity contribution in [3.63, 3.8) is 0 Å². The van der Waals surface area contributed by atoms with Crippen molar-refractivity contribution < 1.29 is 9.59 Å². The van der Waals surface area contributed by atoms with Gasteiger partial charge in [-0.15, -0.1) is 6.58 Å². The van der Waals surface area contributed by atoms with Gasteiger partial charge in [-0.1, -0.05) is 18.2 Å². The lowest BCUT2D eigenvalue weighted by atomic mass is 9.97. The number of nitrogens with one attached hydrogen (secondary N) is 2. The average molecular weight is 281 g/mol. The Hall–Kier alpha value is -2.95. The maximum absolute atomic E-state index is 12.1. The second-order valence-corrected chi connectivity index (χ2v) is 4.31. The summed E-state index contributed by atoms with van der Waals surface area (Å²) in [5, 5.41) is 0. The Labute approximate surface area is 122 Å². The summed E-state index contributed by atoms with van der Waals surface area (Å²) in [7, 11) is 0. The molecule has 2 N–H and O–H groups in total. The third-order valence-electron chi connectivity index (χ3n) is 2.85. The van der Waals surface area contributed by atoms with Crippen LogP contribution in [0.1, 0.15) is 16.8 Å². The van der Waals surface area contributed by atoms with Crippen molar-refractivity contribution in [2.45, 2.75) is 6.42 Å². The van der Waals surface area contributed by atoms with E-state index in [-0.39, 0.29) is 11.7 Å². The molecule has 1 aliphatic carbocycles. The first kappa shape index (κ1) is 14.5. The normalized spacial score (nSPS) is 15.5. The summed E-state index contributed by atoms with van der Waals surface area (Å²) in [6, 6.07) is 3.20. The molecule has 0 radical (unpaired) electrons. The number of amides is 1. The number of carbonyl (C=O) groups excluding carboxylic acids is 2. The van der Waals surface area contributed by atoms with Crippen LogP contribution in [0.3, 0.4) is 0 Å². The molecule has 0 atom stereocenters. The minimum Gasteiger partial charge on any atom is -0.305 e. The highest BCUT2D eigenvalue weighted by Crippen LogP contribution is 2.16. The molecule has 106 valence electrons. The van der Waals surface area contributed by atoms with Gasteiger partial charge in [-0.3, -0.25) is 20.0 Å². The van der Waals surface area contributed by atoms with Crippen LogP contribution < -0.4 is 10.9 Å². The second-order valence-electron chi connectivity index (χ2n) is 4.31. The van der Waals surface area contributed by atoms with E-state index in [0.29, 0.717) is 23.1 Å². The molecule has 1 amide bonds. The first-order chi connectivity index (χ1) is 10.2. The van der Waals surface area contributed by atoms with E-state index in [1.165, 1.54) is 18.6 Å². The topological polar surface area (TPSA) is 71.1 Å². The SMILES string of the molecule is C=CCC1=CC=C/C(=C/NNC(=O)c2ccncc2)C1=O. The minimum absolute atomic E-state index is 0.0805. The van der Waals surface area contributed by atoms with Gasteiger partial charge in [0.15, 0.2) is 5.78 Å². The monoisotopic (exact) mass is 281 g/mol. The molecule has 2 rings (SSSR count). The zero-order valence-corrected chi connectivity index (χ0v) is 11.4. The van der Waals surface area contributed by atoms with Gasteiger partial charge in [0.05, 0.1) is 0 Å². The van der Waals surface area contributed by atoms with Gasteiger partial charge in [0.1, 0.15) is 0 Å². The number of carbonyl (C=O) groups is 2. The summed E-state index contributed by atoms with van der Waals surface area (Å²) in [6.07, 6.45) is 12.0. The van der Waals surface area contributed by atoms with E-state index in [0.717, 1.165) is 0 Å².